The van der Waals surface area contributed by atoms with Crippen LogP contribution >= 0.6 is 0 Å². The second kappa shape index (κ2) is 5.98. The first kappa shape index (κ1) is 14.9. The summed E-state index contributed by atoms with van der Waals surface area (Å²) in [6.07, 6.45) is 3.73. The Labute approximate surface area is 129 Å². The van der Waals surface area contributed by atoms with E-state index in [1.54, 1.807) is 0 Å². The van der Waals surface area contributed by atoms with Gasteiger partial charge in [0.15, 0.2) is 0 Å². The fraction of sp³-hybridized carbons (Fsp3) is 0.667. The molecule has 2 aliphatic rings. The summed E-state index contributed by atoms with van der Waals surface area (Å²) in [5, 5.41) is 0. The summed E-state index contributed by atoms with van der Waals surface area (Å²) in [5.41, 5.74) is 10.5. The van der Waals surface area contributed by atoms with Gasteiger partial charge in [0.2, 0.25) is 0 Å². The maximum atomic E-state index is 6.09. The zero-order chi connectivity index (χ0) is 15.0. The first-order chi connectivity index (χ1) is 10.1. The van der Waals surface area contributed by atoms with Crippen LogP contribution in [0, 0.1) is 5.92 Å². The van der Waals surface area contributed by atoms with Crippen molar-refractivity contribution in [3.8, 4) is 0 Å². The highest BCUT2D eigenvalue weighted by atomic mass is 15.2. The third kappa shape index (κ3) is 2.69. The maximum absolute atomic E-state index is 6.09. The van der Waals surface area contributed by atoms with E-state index >= 15 is 0 Å². The average Bonchev–Trinajstić information content (AvgIpc) is 2.87. The molecule has 3 rings (SSSR count). The Balaban J connectivity index is 1.95. The number of nitrogens with zero attached hydrogens (tertiary/aromatic N) is 2. The zero-order valence-electron chi connectivity index (χ0n) is 13.7. The van der Waals surface area contributed by atoms with Gasteiger partial charge in [-0.25, -0.2) is 0 Å². The molecule has 2 heterocycles. The van der Waals surface area contributed by atoms with Gasteiger partial charge in [0.05, 0.1) is 0 Å². The van der Waals surface area contributed by atoms with Crippen LogP contribution in [0.5, 0.6) is 0 Å². The number of hydrogen-bond donors (Lipinski definition) is 1. The van der Waals surface area contributed by atoms with Crippen LogP contribution in [0.2, 0.25) is 0 Å². The topological polar surface area (TPSA) is 32.5 Å². The summed E-state index contributed by atoms with van der Waals surface area (Å²) >= 11 is 0. The lowest BCUT2D eigenvalue weighted by Gasteiger charge is -2.44. The zero-order valence-corrected chi connectivity index (χ0v) is 13.7. The summed E-state index contributed by atoms with van der Waals surface area (Å²) in [5.74, 6) is 0.596. The van der Waals surface area contributed by atoms with E-state index in [-0.39, 0.29) is 0 Å². The van der Waals surface area contributed by atoms with Crippen molar-refractivity contribution in [1.82, 2.24) is 4.90 Å². The molecule has 0 spiro atoms. The molecule has 3 heteroatoms. The van der Waals surface area contributed by atoms with Gasteiger partial charge in [0.25, 0.3) is 0 Å². The van der Waals surface area contributed by atoms with E-state index in [1.807, 2.05) is 0 Å². The van der Waals surface area contributed by atoms with Gasteiger partial charge in [-0.2, -0.15) is 0 Å². The number of likely N-dealkylation sites (N-methyl/N-ethyl adjacent to an activating group) is 1. The van der Waals surface area contributed by atoms with Crippen molar-refractivity contribution in [1.29, 1.82) is 0 Å². The minimum absolute atomic E-state index is 0.500. The third-order valence-electron chi connectivity index (χ3n) is 5.33. The summed E-state index contributed by atoms with van der Waals surface area (Å²) in [7, 11) is 2.19. The van der Waals surface area contributed by atoms with Gasteiger partial charge in [-0.1, -0.05) is 12.1 Å². The molecule has 0 bridgehead atoms. The van der Waals surface area contributed by atoms with Crippen LogP contribution in [0.4, 0.5) is 5.69 Å². The molecule has 1 aromatic rings. The summed E-state index contributed by atoms with van der Waals surface area (Å²) in [6.45, 7) is 7.78. The molecule has 1 saturated heterocycles. The van der Waals surface area contributed by atoms with Crippen LogP contribution in [-0.2, 0) is 6.42 Å². The molecule has 21 heavy (non-hydrogen) atoms. The van der Waals surface area contributed by atoms with Crippen molar-refractivity contribution in [2.24, 2.45) is 11.7 Å². The Bertz CT molecular complexity index is 497. The molecule has 2 N–H and O–H groups in total. The standard InChI is InChI=1S/C18H29N3/c1-13(2)21-9-4-5-16(12-19)18(21)15-6-7-17-14(11-15)8-10-20(17)3/h6-7,11,13,16,18H,4-5,8-10,12,19H2,1-3H3. The highest BCUT2D eigenvalue weighted by molar-refractivity contribution is 5.58. The average molecular weight is 287 g/mol. The first-order valence-corrected chi connectivity index (χ1v) is 8.41. The highest BCUT2D eigenvalue weighted by Crippen LogP contribution is 2.39. The van der Waals surface area contributed by atoms with Gasteiger partial charge < -0.3 is 10.6 Å². The summed E-state index contributed by atoms with van der Waals surface area (Å²) in [4.78, 5) is 5.02. The number of rotatable bonds is 3. The van der Waals surface area contributed by atoms with Crippen LogP contribution in [0.15, 0.2) is 18.2 Å². The Morgan fingerprint density at radius 3 is 2.81 bits per heavy atom. The quantitative estimate of drug-likeness (QED) is 0.928. The van der Waals surface area contributed by atoms with E-state index in [4.69, 9.17) is 5.73 Å². The van der Waals surface area contributed by atoms with E-state index in [0.29, 0.717) is 18.0 Å². The van der Waals surface area contributed by atoms with Gasteiger partial charge in [-0.3, -0.25) is 4.90 Å². The smallest absolute Gasteiger partial charge is 0.0397 e. The molecule has 0 amide bonds. The molecule has 1 aromatic carbocycles. The normalized spacial score (nSPS) is 26.4. The molecule has 0 aromatic heterocycles. The molecule has 0 radical (unpaired) electrons. The Morgan fingerprint density at radius 1 is 1.29 bits per heavy atom. The van der Waals surface area contributed by atoms with Crippen LogP contribution in [-0.4, -0.2) is 37.6 Å². The van der Waals surface area contributed by atoms with Crippen molar-refractivity contribution in [3.63, 3.8) is 0 Å². The molecule has 2 aliphatic heterocycles. The van der Waals surface area contributed by atoms with Crippen LogP contribution in [0.1, 0.15) is 43.9 Å². The van der Waals surface area contributed by atoms with Crippen molar-refractivity contribution in [2.45, 2.75) is 45.2 Å². The second-order valence-corrected chi connectivity index (χ2v) is 6.97. The molecule has 1 fully saturated rings. The van der Waals surface area contributed by atoms with Crippen LogP contribution in [0.25, 0.3) is 0 Å². The van der Waals surface area contributed by atoms with E-state index in [0.717, 1.165) is 13.1 Å². The van der Waals surface area contributed by atoms with Crippen LogP contribution < -0.4 is 10.6 Å². The number of hydrogen-bond acceptors (Lipinski definition) is 3. The van der Waals surface area contributed by atoms with Gasteiger partial charge in [-0.05, 0) is 69.3 Å². The predicted molar refractivity (Wildman–Crippen MR) is 89.8 cm³/mol. The molecule has 0 aliphatic carbocycles. The molecule has 3 nitrogen and oxygen atoms in total. The first-order valence-electron chi connectivity index (χ1n) is 8.41. The molecular weight excluding hydrogens is 258 g/mol. The Kier molecular flexibility index (Phi) is 4.23. The minimum Gasteiger partial charge on any atom is -0.374 e. The molecule has 2 unspecified atom stereocenters. The fourth-order valence-corrected chi connectivity index (χ4v) is 4.16. The van der Waals surface area contributed by atoms with Gasteiger partial charge in [0, 0.05) is 31.4 Å². The van der Waals surface area contributed by atoms with E-state index in [9.17, 15) is 0 Å². The van der Waals surface area contributed by atoms with Gasteiger partial charge in [-0.15, -0.1) is 0 Å². The van der Waals surface area contributed by atoms with E-state index in [2.05, 4.69) is 48.9 Å². The Hall–Kier alpha value is -1.06. The van der Waals surface area contributed by atoms with E-state index in [1.165, 1.54) is 42.6 Å². The fourth-order valence-electron chi connectivity index (χ4n) is 4.16. The number of piperidine rings is 1. The third-order valence-corrected chi connectivity index (χ3v) is 5.33. The number of nitrogens with two attached hydrogens (primary N) is 1. The molecular formula is C18H29N3. The van der Waals surface area contributed by atoms with Gasteiger partial charge in [0.1, 0.15) is 0 Å². The lowest BCUT2D eigenvalue weighted by atomic mass is 9.83. The monoisotopic (exact) mass is 287 g/mol. The number of anilines is 1. The van der Waals surface area contributed by atoms with Crippen molar-refractivity contribution < 1.29 is 0 Å². The van der Waals surface area contributed by atoms with Gasteiger partial charge >= 0.3 is 0 Å². The predicted octanol–water partition coefficient (Wildman–Crippen LogP) is 2.80. The maximum Gasteiger partial charge on any atom is 0.0397 e. The summed E-state index contributed by atoms with van der Waals surface area (Å²) in [6, 6.07) is 8.19. The molecule has 2 atom stereocenters. The highest BCUT2D eigenvalue weighted by Gasteiger charge is 2.33. The SMILES string of the molecule is CC(C)N1CCCC(CN)C1c1ccc2c(c1)CCN2C. The lowest BCUT2D eigenvalue weighted by Crippen LogP contribution is -2.45. The Morgan fingerprint density at radius 2 is 2.10 bits per heavy atom. The van der Waals surface area contributed by atoms with Crippen molar-refractivity contribution in [2.75, 3.05) is 31.6 Å². The van der Waals surface area contributed by atoms with Crippen molar-refractivity contribution in [3.05, 3.63) is 29.3 Å². The number of likely N-dealkylation sites (tertiary alicyclic amines) is 1. The number of fused-ring (bicyclic) bond motifs is 1. The largest absolute Gasteiger partial charge is 0.374 e. The summed E-state index contributed by atoms with van der Waals surface area (Å²) < 4.78 is 0. The number of benzene rings is 1. The van der Waals surface area contributed by atoms with Crippen molar-refractivity contribution >= 4 is 5.69 Å². The molecule has 116 valence electrons. The minimum atomic E-state index is 0.500. The van der Waals surface area contributed by atoms with Crippen LogP contribution in [0.3, 0.4) is 0 Å². The van der Waals surface area contributed by atoms with E-state index < -0.39 is 0 Å². The lowest BCUT2D eigenvalue weighted by molar-refractivity contribution is 0.0665. The molecule has 0 saturated carbocycles. The second-order valence-electron chi connectivity index (χ2n) is 6.97.